The number of halogens is 1. The summed E-state index contributed by atoms with van der Waals surface area (Å²) in [5.74, 6) is 0. The molecule has 2 nitrogen and oxygen atoms in total. The molecule has 1 aromatic carbocycles. The van der Waals surface area contributed by atoms with E-state index in [1.165, 1.54) is 31.5 Å². The third-order valence-electron chi connectivity index (χ3n) is 3.06. The van der Waals surface area contributed by atoms with Gasteiger partial charge >= 0.3 is 0 Å². The van der Waals surface area contributed by atoms with Crippen LogP contribution in [-0.4, -0.2) is 24.5 Å². The van der Waals surface area contributed by atoms with E-state index < -0.39 is 0 Å². The largest absolute Gasteiger partial charge is 0.329 e. The minimum atomic E-state index is 0.366. The maximum atomic E-state index is 5.87. The molecule has 0 bridgehead atoms. The Morgan fingerprint density at radius 2 is 1.80 bits per heavy atom. The first kappa shape index (κ1) is 10.9. The molecule has 0 unspecified atom stereocenters. The van der Waals surface area contributed by atoms with Crippen molar-refractivity contribution >= 4 is 11.6 Å². The Labute approximate surface area is 96.0 Å². The molecule has 0 saturated carbocycles. The lowest BCUT2D eigenvalue weighted by Gasteiger charge is -2.26. The lowest BCUT2D eigenvalue weighted by Crippen LogP contribution is -2.31. The number of hydrogen-bond donors (Lipinski definition) is 1. The van der Waals surface area contributed by atoms with Crippen molar-refractivity contribution in [2.24, 2.45) is 5.73 Å². The maximum Gasteiger partial charge on any atom is 0.0470 e. The summed E-state index contributed by atoms with van der Waals surface area (Å²) < 4.78 is 0. The Balaban J connectivity index is 2.14. The minimum absolute atomic E-state index is 0.366. The van der Waals surface area contributed by atoms with Crippen LogP contribution in [0, 0.1) is 0 Å². The van der Waals surface area contributed by atoms with Crippen molar-refractivity contribution in [3.63, 3.8) is 0 Å². The zero-order chi connectivity index (χ0) is 10.7. The molecule has 82 valence electrons. The average Bonchev–Trinajstić information content (AvgIpc) is 2.75. The average molecular weight is 225 g/mol. The molecule has 0 aromatic heterocycles. The predicted molar refractivity (Wildman–Crippen MR) is 64.1 cm³/mol. The van der Waals surface area contributed by atoms with E-state index in [-0.39, 0.29) is 0 Å². The van der Waals surface area contributed by atoms with Crippen LogP contribution in [0.25, 0.3) is 0 Å². The molecule has 1 heterocycles. The highest BCUT2D eigenvalue weighted by atomic mass is 35.5. The third-order valence-corrected chi connectivity index (χ3v) is 3.31. The van der Waals surface area contributed by atoms with E-state index in [1.54, 1.807) is 0 Å². The summed E-state index contributed by atoms with van der Waals surface area (Å²) in [7, 11) is 0. The summed E-state index contributed by atoms with van der Waals surface area (Å²) in [4.78, 5) is 2.46. The zero-order valence-electron chi connectivity index (χ0n) is 8.82. The molecule has 2 N–H and O–H groups in total. The van der Waals surface area contributed by atoms with Crippen molar-refractivity contribution in [3.8, 4) is 0 Å². The number of likely N-dealkylation sites (tertiary alicyclic amines) is 1. The lowest BCUT2D eigenvalue weighted by atomic mass is 10.1. The summed E-state index contributed by atoms with van der Waals surface area (Å²) in [6, 6.07) is 8.41. The fourth-order valence-corrected chi connectivity index (χ4v) is 2.36. The first-order valence-corrected chi connectivity index (χ1v) is 5.88. The monoisotopic (exact) mass is 224 g/mol. The second kappa shape index (κ2) is 4.97. The SMILES string of the molecule is NC[C@@H](c1ccc(Cl)cc1)N1CCCC1. The van der Waals surface area contributed by atoms with Gasteiger partial charge in [-0.1, -0.05) is 23.7 Å². The molecule has 1 atom stereocenters. The molecule has 15 heavy (non-hydrogen) atoms. The standard InChI is InChI=1S/C12H17ClN2/c13-11-5-3-10(4-6-11)12(9-14)15-7-1-2-8-15/h3-6,12H,1-2,7-9,14H2/t12-/m0/s1. The fraction of sp³-hybridized carbons (Fsp3) is 0.500. The van der Waals surface area contributed by atoms with Gasteiger partial charge in [0.2, 0.25) is 0 Å². The van der Waals surface area contributed by atoms with E-state index in [9.17, 15) is 0 Å². The number of nitrogens with two attached hydrogens (primary N) is 1. The van der Waals surface area contributed by atoms with Crippen molar-refractivity contribution in [2.75, 3.05) is 19.6 Å². The van der Waals surface area contributed by atoms with Gasteiger partial charge in [0.05, 0.1) is 0 Å². The van der Waals surface area contributed by atoms with Gasteiger partial charge in [-0.2, -0.15) is 0 Å². The molecule has 0 aliphatic carbocycles. The van der Waals surface area contributed by atoms with E-state index in [2.05, 4.69) is 17.0 Å². The van der Waals surface area contributed by atoms with Crippen LogP contribution < -0.4 is 5.73 Å². The molecule has 0 radical (unpaired) electrons. The molecular weight excluding hydrogens is 208 g/mol. The van der Waals surface area contributed by atoms with E-state index in [0.29, 0.717) is 12.6 Å². The van der Waals surface area contributed by atoms with Gasteiger partial charge in [-0.05, 0) is 43.6 Å². The van der Waals surface area contributed by atoms with Crippen LogP contribution in [0.1, 0.15) is 24.4 Å². The summed E-state index contributed by atoms with van der Waals surface area (Å²) in [5, 5.41) is 0.788. The van der Waals surface area contributed by atoms with Crippen LogP contribution in [0.2, 0.25) is 5.02 Å². The van der Waals surface area contributed by atoms with Crippen molar-refractivity contribution < 1.29 is 0 Å². The number of nitrogens with zero attached hydrogens (tertiary/aromatic N) is 1. The number of rotatable bonds is 3. The molecule has 1 aliphatic heterocycles. The Hall–Kier alpha value is -0.570. The van der Waals surface area contributed by atoms with Crippen molar-refractivity contribution in [1.29, 1.82) is 0 Å². The molecule has 1 saturated heterocycles. The Morgan fingerprint density at radius 3 is 2.33 bits per heavy atom. The van der Waals surface area contributed by atoms with Crippen molar-refractivity contribution in [1.82, 2.24) is 4.90 Å². The molecule has 0 spiro atoms. The number of hydrogen-bond acceptors (Lipinski definition) is 2. The van der Waals surface area contributed by atoms with Gasteiger partial charge in [0.15, 0.2) is 0 Å². The highest BCUT2D eigenvalue weighted by molar-refractivity contribution is 6.30. The summed E-state index contributed by atoms with van der Waals surface area (Å²) in [6.45, 7) is 3.02. The van der Waals surface area contributed by atoms with Crippen LogP contribution in [0.5, 0.6) is 0 Å². The van der Waals surface area contributed by atoms with Crippen molar-refractivity contribution in [2.45, 2.75) is 18.9 Å². The highest BCUT2D eigenvalue weighted by Gasteiger charge is 2.21. The summed E-state index contributed by atoms with van der Waals surface area (Å²) in [5.41, 5.74) is 7.13. The summed E-state index contributed by atoms with van der Waals surface area (Å²) >= 11 is 5.87. The Kier molecular flexibility index (Phi) is 3.62. The van der Waals surface area contributed by atoms with E-state index in [0.717, 1.165) is 5.02 Å². The van der Waals surface area contributed by atoms with Crippen LogP contribution in [-0.2, 0) is 0 Å². The molecule has 3 heteroatoms. The van der Waals surface area contributed by atoms with Crippen LogP contribution in [0.4, 0.5) is 0 Å². The smallest absolute Gasteiger partial charge is 0.0470 e. The lowest BCUT2D eigenvalue weighted by molar-refractivity contribution is 0.251. The van der Waals surface area contributed by atoms with E-state index in [1.807, 2.05) is 12.1 Å². The Morgan fingerprint density at radius 1 is 1.20 bits per heavy atom. The topological polar surface area (TPSA) is 29.3 Å². The summed E-state index contributed by atoms with van der Waals surface area (Å²) in [6.07, 6.45) is 2.59. The predicted octanol–water partition coefficient (Wildman–Crippen LogP) is 2.44. The van der Waals surface area contributed by atoms with Gasteiger partial charge in [0.1, 0.15) is 0 Å². The second-order valence-electron chi connectivity index (χ2n) is 4.05. The van der Waals surface area contributed by atoms with E-state index >= 15 is 0 Å². The van der Waals surface area contributed by atoms with E-state index in [4.69, 9.17) is 17.3 Å². The van der Waals surface area contributed by atoms with Crippen LogP contribution in [0.15, 0.2) is 24.3 Å². The maximum absolute atomic E-state index is 5.87. The second-order valence-corrected chi connectivity index (χ2v) is 4.48. The zero-order valence-corrected chi connectivity index (χ0v) is 9.58. The van der Waals surface area contributed by atoms with Gasteiger partial charge in [-0.25, -0.2) is 0 Å². The van der Waals surface area contributed by atoms with Gasteiger partial charge in [-0.15, -0.1) is 0 Å². The van der Waals surface area contributed by atoms with Crippen LogP contribution in [0.3, 0.4) is 0 Å². The first-order chi connectivity index (χ1) is 7.31. The first-order valence-electron chi connectivity index (χ1n) is 5.51. The Bertz CT molecular complexity index is 304. The van der Waals surface area contributed by atoms with Gasteiger partial charge in [-0.3, -0.25) is 4.90 Å². The number of benzene rings is 1. The normalized spacial score (nSPS) is 19.3. The van der Waals surface area contributed by atoms with Gasteiger partial charge < -0.3 is 5.73 Å². The molecule has 1 aromatic rings. The molecule has 2 rings (SSSR count). The molecule has 0 amide bonds. The van der Waals surface area contributed by atoms with Gasteiger partial charge in [0.25, 0.3) is 0 Å². The molecule has 1 fully saturated rings. The minimum Gasteiger partial charge on any atom is -0.329 e. The van der Waals surface area contributed by atoms with Crippen LogP contribution >= 0.6 is 11.6 Å². The molecular formula is C12H17ClN2. The van der Waals surface area contributed by atoms with Crippen molar-refractivity contribution in [3.05, 3.63) is 34.9 Å². The molecule has 1 aliphatic rings. The fourth-order valence-electron chi connectivity index (χ4n) is 2.23. The third kappa shape index (κ3) is 2.51. The quantitative estimate of drug-likeness (QED) is 0.855. The van der Waals surface area contributed by atoms with Gasteiger partial charge in [0, 0.05) is 17.6 Å². The highest BCUT2D eigenvalue weighted by Crippen LogP contribution is 2.25.